The molecule has 0 aromatic heterocycles. The fraction of sp³-hybridized carbons (Fsp3) is 0.846. The average Bonchev–Trinajstić information content (AvgIpc) is 2.71. The minimum absolute atomic E-state index is 0.0233. The van der Waals surface area contributed by atoms with E-state index in [4.69, 9.17) is 0 Å². The fourth-order valence-corrected chi connectivity index (χ4v) is 3.02. The number of β-amino-alcohol motifs (C(OH)–C–C–N with tert-alkyl or cyclic N) is 1. The number of carbonyl (C=O) groups is 2. The van der Waals surface area contributed by atoms with E-state index in [1.165, 1.54) is 6.92 Å². The van der Waals surface area contributed by atoms with Gasteiger partial charge in [-0.2, -0.15) is 0 Å². The molecule has 0 bridgehead atoms. The third kappa shape index (κ3) is 2.72. The van der Waals surface area contributed by atoms with E-state index in [2.05, 4.69) is 4.90 Å². The van der Waals surface area contributed by atoms with E-state index in [0.717, 1.165) is 25.9 Å². The maximum absolute atomic E-state index is 11.3. The Bertz CT molecular complexity index is 337. The van der Waals surface area contributed by atoms with Crippen molar-refractivity contribution in [2.45, 2.75) is 38.8 Å². The van der Waals surface area contributed by atoms with Crippen molar-refractivity contribution in [3.05, 3.63) is 0 Å². The first-order valence-electron chi connectivity index (χ1n) is 6.67. The van der Waals surface area contributed by atoms with E-state index in [0.29, 0.717) is 13.1 Å². The first-order valence-corrected chi connectivity index (χ1v) is 6.67. The molecule has 0 aromatic carbocycles. The zero-order valence-electron chi connectivity index (χ0n) is 11.1. The molecule has 2 rings (SSSR count). The van der Waals surface area contributed by atoms with Gasteiger partial charge in [0.15, 0.2) is 0 Å². The lowest BCUT2D eigenvalue weighted by atomic mass is 9.92. The summed E-state index contributed by atoms with van der Waals surface area (Å²) in [6.45, 7) is 5.93. The molecule has 2 heterocycles. The predicted octanol–water partition coefficient (Wildman–Crippen LogP) is -0.121. The Balaban J connectivity index is 1.90. The van der Waals surface area contributed by atoms with Gasteiger partial charge in [0, 0.05) is 25.9 Å². The quantitative estimate of drug-likeness (QED) is 0.746. The number of likely N-dealkylation sites (tertiary alicyclic amines) is 2. The van der Waals surface area contributed by atoms with E-state index in [9.17, 15) is 14.7 Å². The van der Waals surface area contributed by atoms with Crippen LogP contribution >= 0.6 is 0 Å². The molecule has 0 aliphatic carbocycles. The van der Waals surface area contributed by atoms with Gasteiger partial charge in [-0.3, -0.25) is 14.5 Å². The highest BCUT2D eigenvalue weighted by atomic mass is 16.3. The first kappa shape index (κ1) is 13.5. The van der Waals surface area contributed by atoms with E-state index in [1.807, 2.05) is 0 Å². The summed E-state index contributed by atoms with van der Waals surface area (Å²) in [5.41, 5.74) is 0. The summed E-state index contributed by atoms with van der Waals surface area (Å²) in [7, 11) is 0. The molecule has 1 N–H and O–H groups in total. The normalized spacial score (nSPS) is 30.7. The maximum Gasteiger partial charge on any atom is 0.219 e. The number of piperidine rings is 1. The van der Waals surface area contributed by atoms with E-state index >= 15 is 0 Å². The van der Waals surface area contributed by atoms with Crippen LogP contribution in [-0.2, 0) is 9.59 Å². The van der Waals surface area contributed by atoms with Crippen LogP contribution in [0.15, 0.2) is 0 Å². The summed E-state index contributed by atoms with van der Waals surface area (Å²) in [4.78, 5) is 26.6. The van der Waals surface area contributed by atoms with Gasteiger partial charge < -0.3 is 10.0 Å². The summed E-state index contributed by atoms with van der Waals surface area (Å²) in [5, 5.41) is 10.0. The molecule has 0 radical (unpaired) electrons. The molecule has 0 unspecified atom stereocenters. The van der Waals surface area contributed by atoms with Gasteiger partial charge in [-0.25, -0.2) is 0 Å². The van der Waals surface area contributed by atoms with Crippen molar-refractivity contribution in [2.75, 3.05) is 26.2 Å². The van der Waals surface area contributed by atoms with Crippen molar-refractivity contribution in [2.24, 2.45) is 5.92 Å². The van der Waals surface area contributed by atoms with Gasteiger partial charge in [0.1, 0.15) is 5.78 Å². The summed E-state index contributed by atoms with van der Waals surface area (Å²) < 4.78 is 0. The van der Waals surface area contributed by atoms with Gasteiger partial charge >= 0.3 is 0 Å². The molecule has 2 saturated heterocycles. The average molecular weight is 254 g/mol. The molecular weight excluding hydrogens is 232 g/mol. The Morgan fingerprint density at radius 3 is 2.17 bits per heavy atom. The molecule has 1 amide bonds. The molecule has 2 aliphatic heterocycles. The van der Waals surface area contributed by atoms with Crippen LogP contribution in [0.5, 0.6) is 0 Å². The smallest absolute Gasteiger partial charge is 0.219 e. The summed E-state index contributed by atoms with van der Waals surface area (Å²) >= 11 is 0. The van der Waals surface area contributed by atoms with Crippen LogP contribution in [-0.4, -0.2) is 64.9 Å². The number of hydrogen-bond donors (Lipinski definition) is 1. The largest absolute Gasteiger partial charge is 0.390 e. The van der Waals surface area contributed by atoms with Gasteiger partial charge in [-0.1, -0.05) is 0 Å². The second kappa shape index (κ2) is 5.36. The van der Waals surface area contributed by atoms with Crippen molar-refractivity contribution >= 4 is 11.7 Å². The van der Waals surface area contributed by atoms with Crippen LogP contribution in [0.2, 0.25) is 0 Å². The SMILES string of the molecule is CC(=O)C1CCN([C@@H]2CN(C(C)=O)C[C@H]2O)CC1. The van der Waals surface area contributed by atoms with E-state index < -0.39 is 6.10 Å². The zero-order chi connectivity index (χ0) is 13.3. The molecule has 2 atom stereocenters. The topological polar surface area (TPSA) is 60.9 Å². The van der Waals surface area contributed by atoms with Crippen LogP contribution in [0, 0.1) is 5.92 Å². The Hall–Kier alpha value is -0.940. The molecule has 5 heteroatoms. The summed E-state index contributed by atoms with van der Waals surface area (Å²) in [5.74, 6) is 0.478. The second-order valence-corrected chi connectivity index (χ2v) is 5.48. The molecular formula is C13H22N2O3. The summed E-state index contributed by atoms with van der Waals surface area (Å²) in [6, 6.07) is 0.0433. The number of nitrogens with zero attached hydrogens (tertiary/aromatic N) is 2. The molecule has 18 heavy (non-hydrogen) atoms. The third-order valence-electron chi connectivity index (χ3n) is 4.28. The standard InChI is InChI=1S/C13H22N2O3/c1-9(16)11-3-5-14(6-4-11)12-7-15(10(2)17)8-13(12)18/h11-13,18H,3-8H2,1-2H3/t12-,13-/m1/s1. The Kier molecular flexibility index (Phi) is 4.02. The third-order valence-corrected chi connectivity index (χ3v) is 4.28. The molecule has 102 valence electrons. The number of aliphatic hydroxyl groups excluding tert-OH is 1. The minimum Gasteiger partial charge on any atom is -0.390 e. The number of carbonyl (C=O) groups excluding carboxylic acids is 2. The van der Waals surface area contributed by atoms with Crippen molar-refractivity contribution in [3.8, 4) is 0 Å². The minimum atomic E-state index is -0.456. The van der Waals surface area contributed by atoms with Crippen LogP contribution < -0.4 is 0 Å². The molecule has 2 aliphatic rings. The fourth-order valence-electron chi connectivity index (χ4n) is 3.02. The maximum atomic E-state index is 11.3. The van der Waals surface area contributed by atoms with Gasteiger partial charge in [0.2, 0.25) is 5.91 Å². The van der Waals surface area contributed by atoms with Crippen LogP contribution in [0.4, 0.5) is 0 Å². The second-order valence-electron chi connectivity index (χ2n) is 5.48. The highest BCUT2D eigenvalue weighted by Crippen LogP contribution is 2.24. The highest BCUT2D eigenvalue weighted by Gasteiger charge is 2.38. The number of Topliss-reactive ketones (excluding diaryl/α,β-unsaturated/α-hetero) is 1. The number of hydrogen-bond acceptors (Lipinski definition) is 4. The van der Waals surface area contributed by atoms with Crippen LogP contribution in [0.3, 0.4) is 0 Å². The molecule has 2 fully saturated rings. The Morgan fingerprint density at radius 2 is 1.72 bits per heavy atom. The van der Waals surface area contributed by atoms with Crippen molar-refractivity contribution in [3.63, 3.8) is 0 Å². The monoisotopic (exact) mass is 254 g/mol. The molecule has 5 nitrogen and oxygen atoms in total. The van der Waals surface area contributed by atoms with E-state index in [1.54, 1.807) is 11.8 Å². The van der Waals surface area contributed by atoms with Crippen LogP contribution in [0.1, 0.15) is 26.7 Å². The Morgan fingerprint density at radius 1 is 1.11 bits per heavy atom. The van der Waals surface area contributed by atoms with Gasteiger partial charge in [-0.15, -0.1) is 0 Å². The first-order chi connectivity index (χ1) is 8.49. The van der Waals surface area contributed by atoms with Crippen molar-refractivity contribution in [1.82, 2.24) is 9.80 Å². The van der Waals surface area contributed by atoms with Crippen LogP contribution in [0.25, 0.3) is 0 Å². The zero-order valence-corrected chi connectivity index (χ0v) is 11.1. The van der Waals surface area contributed by atoms with Gasteiger partial charge in [-0.05, 0) is 32.9 Å². The summed E-state index contributed by atoms with van der Waals surface area (Å²) in [6.07, 6.45) is 1.29. The number of aliphatic hydroxyl groups is 1. The predicted molar refractivity (Wildman–Crippen MR) is 67.0 cm³/mol. The number of ketones is 1. The number of amides is 1. The molecule has 0 spiro atoms. The lowest BCUT2D eigenvalue weighted by molar-refractivity contribution is -0.128. The van der Waals surface area contributed by atoms with Gasteiger partial charge in [0.05, 0.1) is 12.1 Å². The lowest BCUT2D eigenvalue weighted by Gasteiger charge is -2.36. The number of rotatable bonds is 2. The van der Waals surface area contributed by atoms with Crippen molar-refractivity contribution in [1.29, 1.82) is 0 Å². The van der Waals surface area contributed by atoms with Crippen molar-refractivity contribution < 1.29 is 14.7 Å². The Labute approximate surface area is 108 Å². The highest BCUT2D eigenvalue weighted by molar-refractivity contribution is 5.78. The van der Waals surface area contributed by atoms with Gasteiger partial charge in [0.25, 0.3) is 0 Å². The molecule has 0 aromatic rings. The van der Waals surface area contributed by atoms with E-state index in [-0.39, 0.29) is 23.7 Å². The lowest BCUT2D eigenvalue weighted by Crippen LogP contribution is -2.48. The molecule has 0 saturated carbocycles.